The second-order valence-corrected chi connectivity index (χ2v) is 5.65. The maximum atomic E-state index is 13.4. The van der Waals surface area contributed by atoms with Gasteiger partial charge < -0.3 is 10.1 Å². The predicted molar refractivity (Wildman–Crippen MR) is 77.8 cm³/mol. The molecule has 1 fully saturated rings. The van der Waals surface area contributed by atoms with Crippen LogP contribution in [0.4, 0.5) is 15.8 Å². The Balaban J connectivity index is 1.89. The minimum absolute atomic E-state index is 0.118. The van der Waals surface area contributed by atoms with E-state index in [1.54, 1.807) is 22.6 Å². The van der Waals surface area contributed by atoms with Gasteiger partial charge in [-0.05, 0) is 41.4 Å². The summed E-state index contributed by atoms with van der Waals surface area (Å²) in [6.45, 7) is 1.62. The van der Waals surface area contributed by atoms with Gasteiger partial charge in [0.05, 0.1) is 15.1 Å². The molecule has 5 nitrogen and oxygen atoms in total. The SMILES string of the molecule is O=[N+]([O-])c1cc(I)c(F)cc1NCCOCC1CC1. The number of anilines is 1. The van der Waals surface area contributed by atoms with Crippen LogP contribution in [0.25, 0.3) is 0 Å². The van der Waals surface area contributed by atoms with Crippen LogP contribution in [-0.4, -0.2) is 24.7 Å². The fourth-order valence-corrected chi connectivity index (χ4v) is 2.07. The van der Waals surface area contributed by atoms with Gasteiger partial charge in [0, 0.05) is 25.3 Å². The first-order valence-electron chi connectivity index (χ1n) is 6.03. The molecule has 2 rings (SSSR count). The van der Waals surface area contributed by atoms with Gasteiger partial charge in [0.1, 0.15) is 11.5 Å². The Morgan fingerprint density at radius 1 is 1.53 bits per heavy atom. The van der Waals surface area contributed by atoms with E-state index < -0.39 is 10.7 Å². The van der Waals surface area contributed by atoms with E-state index in [-0.39, 0.29) is 14.9 Å². The molecule has 0 aromatic heterocycles. The second kappa shape index (κ2) is 6.47. The first-order valence-corrected chi connectivity index (χ1v) is 7.11. The average molecular weight is 380 g/mol. The lowest BCUT2D eigenvalue weighted by Crippen LogP contribution is -2.12. The molecule has 1 aromatic carbocycles. The maximum Gasteiger partial charge on any atom is 0.293 e. The molecule has 0 radical (unpaired) electrons. The van der Waals surface area contributed by atoms with Gasteiger partial charge in [-0.25, -0.2) is 4.39 Å². The van der Waals surface area contributed by atoms with Crippen LogP contribution >= 0.6 is 22.6 Å². The smallest absolute Gasteiger partial charge is 0.293 e. The number of nitro groups is 1. The number of ether oxygens (including phenoxy) is 1. The molecular formula is C12H14FIN2O3. The highest BCUT2D eigenvalue weighted by Gasteiger charge is 2.21. The summed E-state index contributed by atoms with van der Waals surface area (Å²) in [6, 6.07) is 2.38. The standard InChI is InChI=1S/C12H14FIN2O3/c13-9-5-11(12(16(17)18)6-10(9)14)15-3-4-19-7-8-1-2-8/h5-6,8,15H,1-4,7H2. The van der Waals surface area contributed by atoms with E-state index in [0.717, 1.165) is 12.7 Å². The first-order chi connectivity index (χ1) is 9.08. The monoisotopic (exact) mass is 380 g/mol. The van der Waals surface area contributed by atoms with Crippen LogP contribution in [-0.2, 0) is 4.74 Å². The van der Waals surface area contributed by atoms with Gasteiger partial charge in [-0.2, -0.15) is 0 Å². The minimum atomic E-state index is -0.519. The van der Waals surface area contributed by atoms with E-state index in [4.69, 9.17) is 4.74 Å². The molecule has 0 bridgehead atoms. The van der Waals surface area contributed by atoms with Crippen molar-refractivity contribution in [1.29, 1.82) is 0 Å². The summed E-state index contributed by atoms with van der Waals surface area (Å²) in [7, 11) is 0. The van der Waals surface area contributed by atoms with Crippen LogP contribution in [0.2, 0.25) is 0 Å². The van der Waals surface area contributed by atoms with Crippen molar-refractivity contribution in [2.24, 2.45) is 5.92 Å². The van der Waals surface area contributed by atoms with Crippen molar-refractivity contribution in [3.63, 3.8) is 0 Å². The van der Waals surface area contributed by atoms with E-state index in [1.807, 2.05) is 0 Å². The zero-order valence-electron chi connectivity index (χ0n) is 10.2. The number of hydrogen-bond donors (Lipinski definition) is 1. The van der Waals surface area contributed by atoms with E-state index in [0.29, 0.717) is 19.1 Å². The fraction of sp³-hybridized carbons (Fsp3) is 0.500. The highest BCUT2D eigenvalue weighted by Crippen LogP contribution is 2.29. The molecule has 0 aliphatic heterocycles. The van der Waals surface area contributed by atoms with E-state index in [1.165, 1.54) is 18.9 Å². The molecule has 0 heterocycles. The molecule has 1 saturated carbocycles. The Morgan fingerprint density at radius 3 is 2.89 bits per heavy atom. The Labute approximate surface area is 123 Å². The Kier molecular flexibility index (Phi) is 4.92. The van der Waals surface area contributed by atoms with Crippen LogP contribution < -0.4 is 5.32 Å². The average Bonchev–Trinajstić information content (AvgIpc) is 3.16. The van der Waals surface area contributed by atoms with Gasteiger partial charge in [0.25, 0.3) is 5.69 Å². The number of rotatable bonds is 7. The van der Waals surface area contributed by atoms with Gasteiger partial charge in [0.2, 0.25) is 0 Å². The Morgan fingerprint density at radius 2 is 2.26 bits per heavy atom. The van der Waals surface area contributed by atoms with Gasteiger partial charge in [-0.1, -0.05) is 0 Å². The number of halogens is 2. The van der Waals surface area contributed by atoms with E-state index in [9.17, 15) is 14.5 Å². The third kappa shape index (κ3) is 4.27. The van der Waals surface area contributed by atoms with Crippen molar-refractivity contribution in [3.8, 4) is 0 Å². The van der Waals surface area contributed by atoms with E-state index >= 15 is 0 Å². The summed E-state index contributed by atoms with van der Waals surface area (Å²) in [4.78, 5) is 10.4. The molecular weight excluding hydrogens is 366 g/mol. The van der Waals surface area contributed by atoms with Crippen molar-refractivity contribution in [2.75, 3.05) is 25.1 Å². The van der Waals surface area contributed by atoms with Gasteiger partial charge in [0.15, 0.2) is 0 Å². The lowest BCUT2D eigenvalue weighted by molar-refractivity contribution is -0.384. The summed E-state index contributed by atoms with van der Waals surface area (Å²) in [5, 5.41) is 13.7. The zero-order chi connectivity index (χ0) is 13.8. The van der Waals surface area contributed by atoms with Crippen molar-refractivity contribution >= 4 is 34.0 Å². The van der Waals surface area contributed by atoms with Crippen molar-refractivity contribution in [1.82, 2.24) is 0 Å². The molecule has 7 heteroatoms. The highest BCUT2D eigenvalue weighted by atomic mass is 127. The van der Waals surface area contributed by atoms with Gasteiger partial charge in [-0.3, -0.25) is 10.1 Å². The maximum absolute atomic E-state index is 13.4. The molecule has 0 saturated heterocycles. The Hall–Kier alpha value is -0.960. The molecule has 1 aliphatic carbocycles. The summed E-state index contributed by atoms with van der Waals surface area (Å²) >= 11 is 1.73. The van der Waals surface area contributed by atoms with Crippen molar-refractivity contribution in [2.45, 2.75) is 12.8 Å². The number of nitrogens with zero attached hydrogens (tertiary/aromatic N) is 1. The lowest BCUT2D eigenvalue weighted by atomic mass is 10.2. The Bertz CT molecular complexity index is 480. The topological polar surface area (TPSA) is 64.4 Å². The summed E-state index contributed by atoms with van der Waals surface area (Å²) in [6.07, 6.45) is 2.45. The van der Waals surface area contributed by atoms with Gasteiger partial charge >= 0.3 is 0 Å². The number of hydrogen-bond acceptors (Lipinski definition) is 4. The molecule has 0 unspecified atom stereocenters. The van der Waals surface area contributed by atoms with Crippen LogP contribution in [0, 0.1) is 25.4 Å². The summed E-state index contributed by atoms with van der Waals surface area (Å²) in [5.41, 5.74) is 0.0749. The minimum Gasteiger partial charge on any atom is -0.379 e. The third-order valence-corrected chi connectivity index (χ3v) is 3.67. The number of nitrogens with one attached hydrogen (secondary N) is 1. The van der Waals surface area contributed by atoms with Crippen LogP contribution in [0.5, 0.6) is 0 Å². The predicted octanol–water partition coefficient (Wildman–Crippen LogP) is 3.18. The molecule has 0 amide bonds. The van der Waals surface area contributed by atoms with Crippen LogP contribution in [0.3, 0.4) is 0 Å². The highest BCUT2D eigenvalue weighted by molar-refractivity contribution is 14.1. The lowest BCUT2D eigenvalue weighted by Gasteiger charge is -2.08. The van der Waals surface area contributed by atoms with Crippen LogP contribution in [0.15, 0.2) is 12.1 Å². The van der Waals surface area contributed by atoms with E-state index in [2.05, 4.69) is 5.32 Å². The largest absolute Gasteiger partial charge is 0.379 e. The summed E-state index contributed by atoms with van der Waals surface area (Å²) in [5.74, 6) is 0.220. The molecule has 1 N–H and O–H groups in total. The molecule has 19 heavy (non-hydrogen) atoms. The normalized spacial score (nSPS) is 14.4. The molecule has 1 aliphatic rings. The zero-order valence-corrected chi connectivity index (χ0v) is 12.4. The first kappa shape index (κ1) is 14.4. The fourth-order valence-electron chi connectivity index (χ4n) is 1.62. The molecule has 104 valence electrons. The second-order valence-electron chi connectivity index (χ2n) is 4.49. The van der Waals surface area contributed by atoms with Crippen molar-refractivity contribution in [3.05, 3.63) is 31.6 Å². The molecule has 0 atom stereocenters. The number of benzene rings is 1. The summed E-state index contributed by atoms with van der Waals surface area (Å²) < 4.78 is 19.1. The number of nitro benzene ring substituents is 1. The third-order valence-electron chi connectivity index (χ3n) is 2.85. The van der Waals surface area contributed by atoms with Crippen molar-refractivity contribution < 1.29 is 14.1 Å². The van der Waals surface area contributed by atoms with Gasteiger partial charge in [-0.15, -0.1) is 0 Å². The molecule has 0 spiro atoms. The van der Waals surface area contributed by atoms with Crippen LogP contribution in [0.1, 0.15) is 12.8 Å². The molecule has 1 aromatic rings. The quantitative estimate of drug-likeness (QED) is 0.342.